The molecule has 1 aliphatic rings. The second-order valence-electron chi connectivity index (χ2n) is 7.90. The van der Waals surface area contributed by atoms with Crippen LogP contribution in [0.15, 0.2) is 66.7 Å². The van der Waals surface area contributed by atoms with E-state index in [2.05, 4.69) is 5.32 Å². The van der Waals surface area contributed by atoms with Gasteiger partial charge in [0.15, 0.2) is 0 Å². The fourth-order valence-electron chi connectivity index (χ4n) is 4.15. The number of hydrogen-bond acceptors (Lipinski definition) is 2. The average molecular weight is 421 g/mol. The van der Waals surface area contributed by atoms with Crippen molar-refractivity contribution < 1.29 is 9.59 Å². The number of nitrogens with zero attached hydrogens (tertiary/aromatic N) is 1. The average Bonchev–Trinajstić information content (AvgIpc) is 2.78. The number of fused-ring (bicyclic) bond motifs is 1. The molecule has 5 heteroatoms. The van der Waals surface area contributed by atoms with Crippen LogP contribution in [0.5, 0.6) is 0 Å². The Morgan fingerprint density at radius 2 is 1.83 bits per heavy atom. The highest BCUT2D eigenvalue weighted by Gasteiger charge is 2.30. The summed E-state index contributed by atoms with van der Waals surface area (Å²) in [6, 6.07) is 21.1. The van der Waals surface area contributed by atoms with Crippen LogP contribution in [0.4, 0.5) is 0 Å². The zero-order valence-electron chi connectivity index (χ0n) is 17.0. The van der Waals surface area contributed by atoms with E-state index < -0.39 is 0 Å². The lowest BCUT2D eigenvalue weighted by Crippen LogP contribution is -2.45. The minimum atomic E-state index is -0.209. The van der Waals surface area contributed by atoms with E-state index >= 15 is 0 Å². The molecular weight excluding hydrogens is 396 g/mol. The van der Waals surface area contributed by atoms with E-state index in [4.69, 9.17) is 11.6 Å². The summed E-state index contributed by atoms with van der Waals surface area (Å²) in [5, 5.41) is 5.73. The van der Waals surface area contributed by atoms with Crippen LogP contribution in [0.3, 0.4) is 0 Å². The summed E-state index contributed by atoms with van der Waals surface area (Å²) in [6.07, 6.45) is 1.60. The van der Waals surface area contributed by atoms with Crippen molar-refractivity contribution in [3.63, 3.8) is 0 Å². The highest BCUT2D eigenvalue weighted by molar-refractivity contribution is 6.30. The molecule has 0 spiro atoms. The van der Waals surface area contributed by atoms with Crippen molar-refractivity contribution in [3.05, 3.63) is 82.9 Å². The highest BCUT2D eigenvalue weighted by atomic mass is 35.5. The van der Waals surface area contributed by atoms with E-state index in [1.54, 1.807) is 0 Å². The Balaban J connectivity index is 1.46. The molecule has 0 saturated carbocycles. The number of hydrogen-bond donors (Lipinski definition) is 1. The number of piperidine rings is 1. The van der Waals surface area contributed by atoms with E-state index in [9.17, 15) is 9.59 Å². The van der Waals surface area contributed by atoms with Gasteiger partial charge in [-0.15, -0.1) is 0 Å². The minimum Gasteiger partial charge on any atom is -0.349 e. The summed E-state index contributed by atoms with van der Waals surface area (Å²) in [4.78, 5) is 28.0. The van der Waals surface area contributed by atoms with Crippen molar-refractivity contribution in [1.29, 1.82) is 0 Å². The van der Waals surface area contributed by atoms with Crippen LogP contribution in [-0.4, -0.2) is 29.8 Å². The maximum Gasteiger partial charge on any atom is 0.254 e. The molecule has 1 saturated heterocycles. The Hall–Kier alpha value is -2.85. The number of carbonyl (C=O) groups is 2. The maximum atomic E-state index is 13.2. The van der Waals surface area contributed by atoms with Gasteiger partial charge < -0.3 is 10.2 Å². The Labute approximate surface area is 181 Å². The molecule has 3 aromatic carbocycles. The predicted molar refractivity (Wildman–Crippen MR) is 121 cm³/mol. The van der Waals surface area contributed by atoms with Crippen molar-refractivity contribution in [3.8, 4) is 0 Å². The van der Waals surface area contributed by atoms with E-state index in [0.717, 1.165) is 29.2 Å². The van der Waals surface area contributed by atoms with Crippen LogP contribution in [0.1, 0.15) is 41.7 Å². The maximum absolute atomic E-state index is 13.2. The summed E-state index contributed by atoms with van der Waals surface area (Å²) in [6.45, 7) is 3.07. The van der Waals surface area contributed by atoms with Gasteiger partial charge in [-0.05, 0) is 54.3 Å². The van der Waals surface area contributed by atoms with Gasteiger partial charge in [-0.2, -0.15) is 0 Å². The van der Waals surface area contributed by atoms with Gasteiger partial charge in [0.1, 0.15) is 0 Å². The Morgan fingerprint density at radius 1 is 1.07 bits per heavy atom. The Kier molecular flexibility index (Phi) is 6.05. The van der Waals surface area contributed by atoms with Crippen LogP contribution in [0.25, 0.3) is 10.8 Å². The van der Waals surface area contributed by atoms with Crippen molar-refractivity contribution in [1.82, 2.24) is 10.2 Å². The predicted octanol–water partition coefficient (Wildman–Crippen LogP) is 5.22. The molecule has 3 aromatic rings. The lowest BCUT2D eigenvalue weighted by molar-refractivity contribution is -0.127. The Morgan fingerprint density at radius 3 is 2.67 bits per heavy atom. The van der Waals surface area contributed by atoms with E-state index in [1.165, 1.54) is 0 Å². The summed E-state index contributed by atoms with van der Waals surface area (Å²) >= 11 is 6.07. The van der Waals surface area contributed by atoms with Gasteiger partial charge in [0.05, 0.1) is 12.0 Å². The molecule has 4 rings (SSSR count). The van der Waals surface area contributed by atoms with E-state index in [-0.39, 0.29) is 23.8 Å². The summed E-state index contributed by atoms with van der Waals surface area (Å²) in [5.41, 5.74) is 1.66. The first-order valence-electron chi connectivity index (χ1n) is 10.4. The number of amides is 2. The third-order valence-corrected chi connectivity index (χ3v) is 6.04. The SMILES string of the molecule is CC(NC(=O)C1CCCN(C(=O)c2cccc3ccccc23)C1)c1cccc(Cl)c1. The second kappa shape index (κ2) is 8.88. The second-order valence-corrected chi connectivity index (χ2v) is 8.34. The lowest BCUT2D eigenvalue weighted by Gasteiger charge is -2.33. The topological polar surface area (TPSA) is 49.4 Å². The fourth-order valence-corrected chi connectivity index (χ4v) is 4.35. The van der Waals surface area contributed by atoms with E-state index in [1.807, 2.05) is 78.6 Å². The van der Waals surface area contributed by atoms with Crippen molar-refractivity contribution >= 4 is 34.2 Å². The molecule has 0 aliphatic carbocycles. The molecule has 1 fully saturated rings. The molecule has 2 atom stereocenters. The number of carbonyl (C=O) groups excluding carboxylic acids is 2. The van der Waals surface area contributed by atoms with Gasteiger partial charge in [-0.25, -0.2) is 0 Å². The third-order valence-electron chi connectivity index (χ3n) is 5.81. The molecule has 0 aromatic heterocycles. The van der Waals surface area contributed by atoms with Crippen molar-refractivity contribution in [2.75, 3.05) is 13.1 Å². The smallest absolute Gasteiger partial charge is 0.254 e. The van der Waals surface area contributed by atoms with Gasteiger partial charge >= 0.3 is 0 Å². The third kappa shape index (κ3) is 4.34. The molecule has 1 N–H and O–H groups in total. The van der Waals surface area contributed by atoms with Crippen LogP contribution in [-0.2, 0) is 4.79 Å². The van der Waals surface area contributed by atoms with Crippen LogP contribution in [0.2, 0.25) is 5.02 Å². The van der Waals surface area contributed by atoms with Crippen LogP contribution >= 0.6 is 11.6 Å². The first-order chi connectivity index (χ1) is 14.5. The molecule has 2 unspecified atom stereocenters. The molecule has 0 radical (unpaired) electrons. The number of rotatable bonds is 4. The normalized spacial score (nSPS) is 17.5. The number of halogens is 1. The van der Waals surface area contributed by atoms with Crippen LogP contribution < -0.4 is 5.32 Å². The van der Waals surface area contributed by atoms with Gasteiger partial charge in [0.25, 0.3) is 5.91 Å². The molecule has 2 amide bonds. The van der Waals surface area contributed by atoms with Gasteiger partial charge in [0.2, 0.25) is 5.91 Å². The monoisotopic (exact) mass is 420 g/mol. The first kappa shape index (κ1) is 20.4. The highest BCUT2D eigenvalue weighted by Crippen LogP contribution is 2.25. The molecule has 1 heterocycles. The van der Waals surface area contributed by atoms with Crippen LogP contribution in [0, 0.1) is 5.92 Å². The zero-order chi connectivity index (χ0) is 21.1. The molecule has 154 valence electrons. The zero-order valence-corrected chi connectivity index (χ0v) is 17.7. The van der Waals surface area contributed by atoms with E-state index in [0.29, 0.717) is 23.7 Å². The molecule has 4 nitrogen and oxygen atoms in total. The largest absolute Gasteiger partial charge is 0.349 e. The van der Waals surface area contributed by atoms with Crippen molar-refractivity contribution in [2.45, 2.75) is 25.8 Å². The summed E-state index contributed by atoms with van der Waals surface area (Å²) in [5.74, 6) is -0.232. The molecular formula is C25H25ClN2O2. The summed E-state index contributed by atoms with van der Waals surface area (Å²) in [7, 11) is 0. The minimum absolute atomic E-state index is 0.00723. The fraction of sp³-hybridized carbons (Fsp3) is 0.280. The standard InChI is InChI=1S/C25H25ClN2O2/c1-17(19-9-4-11-21(26)15-19)27-24(29)20-10-6-14-28(16-20)25(30)23-13-5-8-18-7-2-3-12-22(18)23/h2-5,7-9,11-13,15,17,20H,6,10,14,16H2,1H3,(H,27,29). The molecule has 30 heavy (non-hydrogen) atoms. The lowest BCUT2D eigenvalue weighted by atomic mass is 9.95. The Bertz CT molecular complexity index is 1080. The molecule has 1 aliphatic heterocycles. The first-order valence-corrected chi connectivity index (χ1v) is 10.7. The quantitative estimate of drug-likeness (QED) is 0.628. The van der Waals surface area contributed by atoms with Gasteiger partial charge in [0, 0.05) is 23.7 Å². The molecule has 0 bridgehead atoms. The van der Waals surface area contributed by atoms with Gasteiger partial charge in [-0.3, -0.25) is 9.59 Å². The number of benzene rings is 3. The van der Waals surface area contributed by atoms with Crippen molar-refractivity contribution in [2.24, 2.45) is 5.92 Å². The summed E-state index contributed by atoms with van der Waals surface area (Å²) < 4.78 is 0. The van der Waals surface area contributed by atoms with Gasteiger partial charge in [-0.1, -0.05) is 60.1 Å². The number of nitrogens with one attached hydrogen (secondary N) is 1. The number of likely N-dealkylation sites (tertiary alicyclic amines) is 1.